The van der Waals surface area contributed by atoms with E-state index in [1.54, 1.807) is 24.8 Å². The van der Waals surface area contributed by atoms with Gasteiger partial charge in [-0.05, 0) is 42.3 Å². The molecule has 5 heteroatoms. The summed E-state index contributed by atoms with van der Waals surface area (Å²) in [5.74, 6) is 0.293. The lowest BCUT2D eigenvalue weighted by Crippen LogP contribution is -2.24. The monoisotopic (exact) mass is 424 g/mol. The standard InChI is InChI=1S/C27H24N2O3/c1-3-32-27(30)23-18-29(21-14-16-22(31-2)17-15-21)26(28)25(20-12-8-5-9-13-20)24(23)19-10-6-4-7-11-19/h4-18,28H,3H2,1-2H3. The van der Waals surface area contributed by atoms with Crippen molar-refractivity contribution in [3.63, 3.8) is 0 Å². The Morgan fingerprint density at radius 2 is 1.41 bits per heavy atom. The van der Waals surface area contributed by atoms with Gasteiger partial charge in [0.25, 0.3) is 0 Å². The zero-order valence-electron chi connectivity index (χ0n) is 18.0. The molecule has 0 saturated heterocycles. The van der Waals surface area contributed by atoms with Gasteiger partial charge in [0.1, 0.15) is 11.2 Å². The van der Waals surface area contributed by atoms with Crippen molar-refractivity contribution in [1.29, 1.82) is 5.41 Å². The maximum absolute atomic E-state index is 13.1. The molecular weight excluding hydrogens is 400 g/mol. The van der Waals surface area contributed by atoms with E-state index in [2.05, 4.69) is 0 Å². The van der Waals surface area contributed by atoms with Crippen LogP contribution in [0.2, 0.25) is 0 Å². The second-order valence-corrected chi connectivity index (χ2v) is 7.16. The molecule has 4 aromatic rings. The average molecular weight is 425 g/mol. The second kappa shape index (κ2) is 9.35. The van der Waals surface area contributed by atoms with E-state index in [4.69, 9.17) is 14.9 Å². The first kappa shape index (κ1) is 21.1. The summed E-state index contributed by atoms with van der Waals surface area (Å²) >= 11 is 0. The molecule has 160 valence electrons. The van der Waals surface area contributed by atoms with Crippen molar-refractivity contribution in [2.75, 3.05) is 13.7 Å². The fourth-order valence-corrected chi connectivity index (χ4v) is 3.73. The number of carbonyl (C=O) groups excluding carboxylic acids is 1. The number of nitrogens with one attached hydrogen (secondary N) is 1. The van der Waals surface area contributed by atoms with Crippen molar-refractivity contribution in [1.82, 2.24) is 4.57 Å². The van der Waals surface area contributed by atoms with E-state index in [-0.39, 0.29) is 12.1 Å². The summed E-state index contributed by atoms with van der Waals surface area (Å²) in [7, 11) is 1.61. The molecule has 0 fully saturated rings. The van der Waals surface area contributed by atoms with Crippen molar-refractivity contribution in [2.24, 2.45) is 0 Å². The van der Waals surface area contributed by atoms with E-state index in [9.17, 15) is 4.79 Å². The Morgan fingerprint density at radius 3 is 1.94 bits per heavy atom. The van der Waals surface area contributed by atoms with Crippen molar-refractivity contribution < 1.29 is 14.3 Å². The second-order valence-electron chi connectivity index (χ2n) is 7.16. The third-order valence-corrected chi connectivity index (χ3v) is 5.23. The molecule has 5 nitrogen and oxygen atoms in total. The number of benzene rings is 3. The van der Waals surface area contributed by atoms with E-state index in [0.29, 0.717) is 16.7 Å². The topological polar surface area (TPSA) is 64.3 Å². The molecule has 0 unspecified atom stereocenters. The molecule has 32 heavy (non-hydrogen) atoms. The predicted molar refractivity (Wildman–Crippen MR) is 125 cm³/mol. The Balaban J connectivity index is 2.09. The van der Waals surface area contributed by atoms with Gasteiger partial charge in [-0.15, -0.1) is 0 Å². The number of aromatic nitrogens is 1. The third kappa shape index (κ3) is 4.05. The van der Waals surface area contributed by atoms with Gasteiger partial charge in [-0.2, -0.15) is 0 Å². The molecule has 0 radical (unpaired) electrons. The zero-order chi connectivity index (χ0) is 22.5. The first-order valence-corrected chi connectivity index (χ1v) is 10.4. The lowest BCUT2D eigenvalue weighted by atomic mass is 9.92. The highest BCUT2D eigenvalue weighted by atomic mass is 16.5. The van der Waals surface area contributed by atoms with Crippen LogP contribution in [0.25, 0.3) is 27.9 Å². The summed E-state index contributed by atoms with van der Waals surface area (Å²) in [5, 5.41) is 9.13. The lowest BCUT2D eigenvalue weighted by molar-refractivity contribution is 0.0526. The Labute approximate surface area is 187 Å². The lowest BCUT2D eigenvalue weighted by Gasteiger charge is -2.19. The van der Waals surface area contributed by atoms with Crippen molar-refractivity contribution in [3.05, 3.63) is 102 Å². The van der Waals surface area contributed by atoms with Crippen molar-refractivity contribution >= 4 is 5.97 Å². The first-order valence-electron chi connectivity index (χ1n) is 10.4. The van der Waals surface area contributed by atoms with Gasteiger partial charge in [0.2, 0.25) is 0 Å². The van der Waals surface area contributed by atoms with E-state index < -0.39 is 5.97 Å². The molecule has 1 heterocycles. The molecule has 0 spiro atoms. The Morgan fingerprint density at radius 1 is 0.844 bits per heavy atom. The molecule has 0 aliphatic carbocycles. The quantitative estimate of drug-likeness (QED) is 0.417. The first-order chi connectivity index (χ1) is 15.6. The van der Waals surface area contributed by atoms with Crippen LogP contribution in [-0.2, 0) is 4.74 Å². The molecule has 0 atom stereocenters. The molecular formula is C27H24N2O3. The predicted octanol–water partition coefficient (Wildman–Crippen LogP) is 5.48. The van der Waals surface area contributed by atoms with Crippen LogP contribution in [0.1, 0.15) is 17.3 Å². The van der Waals surface area contributed by atoms with Crippen molar-refractivity contribution in [2.45, 2.75) is 6.92 Å². The summed E-state index contributed by atoms with van der Waals surface area (Å²) < 4.78 is 12.4. The molecule has 3 aromatic carbocycles. The summed E-state index contributed by atoms with van der Waals surface area (Å²) in [6.07, 6.45) is 1.69. The highest BCUT2D eigenvalue weighted by molar-refractivity contribution is 6.01. The van der Waals surface area contributed by atoms with Crippen LogP contribution < -0.4 is 10.2 Å². The number of hydrogen-bond acceptors (Lipinski definition) is 4. The summed E-state index contributed by atoms with van der Waals surface area (Å²) in [4.78, 5) is 13.1. The van der Waals surface area contributed by atoms with E-state index in [1.165, 1.54) is 0 Å². The van der Waals surface area contributed by atoms with Gasteiger partial charge < -0.3 is 14.0 Å². The zero-order valence-corrected chi connectivity index (χ0v) is 18.0. The SMILES string of the molecule is CCOC(=O)c1cn(-c2ccc(OC)cc2)c(=N)c(-c2ccccc2)c1-c1ccccc1. The number of ether oxygens (including phenoxy) is 2. The van der Waals surface area contributed by atoms with E-state index in [0.717, 1.165) is 22.6 Å². The molecule has 1 N–H and O–H groups in total. The number of hydrogen-bond donors (Lipinski definition) is 1. The van der Waals surface area contributed by atoms with Crippen LogP contribution in [0.4, 0.5) is 0 Å². The Hall–Kier alpha value is -4.12. The molecule has 0 aliphatic rings. The molecule has 0 saturated carbocycles. The number of rotatable bonds is 6. The minimum atomic E-state index is -0.425. The summed E-state index contributed by atoms with van der Waals surface area (Å²) in [6.45, 7) is 2.05. The number of esters is 1. The maximum Gasteiger partial charge on any atom is 0.340 e. The van der Waals surface area contributed by atoms with Gasteiger partial charge in [-0.1, -0.05) is 60.7 Å². The molecule has 1 aromatic heterocycles. The number of pyridine rings is 1. The van der Waals surface area contributed by atoms with Gasteiger partial charge in [-0.25, -0.2) is 4.79 Å². The highest BCUT2D eigenvalue weighted by Gasteiger charge is 2.22. The molecule has 0 aliphatic heterocycles. The minimum absolute atomic E-state index is 0.263. The van der Waals surface area contributed by atoms with E-state index in [1.807, 2.05) is 84.9 Å². The van der Waals surface area contributed by atoms with Crippen LogP contribution in [0.15, 0.2) is 91.1 Å². The summed E-state index contributed by atoms with van der Waals surface area (Å²) in [5.41, 5.74) is 4.48. The van der Waals surface area contributed by atoms with Gasteiger partial charge in [0.05, 0.1) is 19.3 Å². The minimum Gasteiger partial charge on any atom is -0.497 e. The Kier molecular flexibility index (Phi) is 6.17. The van der Waals surface area contributed by atoms with Crippen LogP contribution >= 0.6 is 0 Å². The van der Waals surface area contributed by atoms with Gasteiger partial charge in [0.15, 0.2) is 0 Å². The van der Waals surface area contributed by atoms with Crippen molar-refractivity contribution in [3.8, 4) is 33.7 Å². The van der Waals surface area contributed by atoms with Crippen LogP contribution in [0, 0.1) is 5.41 Å². The third-order valence-electron chi connectivity index (χ3n) is 5.23. The highest BCUT2D eigenvalue weighted by Crippen LogP contribution is 2.33. The Bertz CT molecular complexity index is 1280. The average Bonchev–Trinajstić information content (AvgIpc) is 2.85. The van der Waals surface area contributed by atoms with Crippen LogP contribution in [0.5, 0.6) is 5.75 Å². The van der Waals surface area contributed by atoms with E-state index >= 15 is 0 Å². The fourth-order valence-electron chi connectivity index (χ4n) is 3.73. The normalized spacial score (nSPS) is 10.6. The van der Waals surface area contributed by atoms with Gasteiger partial charge >= 0.3 is 5.97 Å². The largest absolute Gasteiger partial charge is 0.497 e. The molecule has 0 bridgehead atoms. The number of carbonyl (C=O) groups is 1. The maximum atomic E-state index is 13.1. The fraction of sp³-hybridized carbons (Fsp3) is 0.111. The van der Waals surface area contributed by atoms with Gasteiger partial charge in [0, 0.05) is 23.0 Å². The number of nitrogens with zero attached hydrogens (tertiary/aromatic N) is 1. The molecule has 4 rings (SSSR count). The number of methoxy groups -OCH3 is 1. The van der Waals surface area contributed by atoms with Crippen LogP contribution in [0.3, 0.4) is 0 Å². The smallest absolute Gasteiger partial charge is 0.340 e. The van der Waals surface area contributed by atoms with Crippen LogP contribution in [-0.4, -0.2) is 24.3 Å². The molecule has 0 amide bonds. The van der Waals surface area contributed by atoms with Gasteiger partial charge in [-0.3, -0.25) is 5.41 Å². The summed E-state index contributed by atoms with van der Waals surface area (Å²) in [6, 6.07) is 26.8.